The zero-order valence-electron chi connectivity index (χ0n) is 10.3. The van der Waals surface area contributed by atoms with Crippen molar-refractivity contribution in [2.45, 2.75) is 38.3 Å². The van der Waals surface area contributed by atoms with Crippen LogP contribution in [0.5, 0.6) is 5.75 Å². The van der Waals surface area contributed by atoms with Crippen molar-refractivity contribution in [3.63, 3.8) is 0 Å². The molecule has 1 aromatic rings. The molecule has 2 rings (SSSR count). The Labute approximate surface area is 103 Å². The number of aliphatic hydroxyl groups is 1. The minimum atomic E-state index is 0.239. The Morgan fingerprint density at radius 1 is 1.18 bits per heavy atom. The quantitative estimate of drug-likeness (QED) is 0.726. The van der Waals surface area contributed by atoms with Crippen molar-refractivity contribution in [3.8, 4) is 5.75 Å². The van der Waals surface area contributed by atoms with Gasteiger partial charge in [-0.1, -0.05) is 0 Å². The number of hydrogen-bond acceptors (Lipinski definition) is 2. The van der Waals surface area contributed by atoms with Gasteiger partial charge >= 0.3 is 0 Å². The molecule has 0 radical (unpaired) electrons. The predicted octanol–water partition coefficient (Wildman–Crippen LogP) is 1.06. The molecule has 0 unspecified atom stereocenters. The van der Waals surface area contributed by atoms with Gasteiger partial charge in [0.1, 0.15) is 12.3 Å². The van der Waals surface area contributed by atoms with Gasteiger partial charge in [0.15, 0.2) is 0 Å². The fourth-order valence-electron chi connectivity index (χ4n) is 2.26. The number of benzene rings is 1. The highest BCUT2D eigenvalue weighted by atomic mass is 16.5. The van der Waals surface area contributed by atoms with Crippen LogP contribution >= 0.6 is 0 Å². The molecule has 17 heavy (non-hydrogen) atoms. The van der Waals surface area contributed by atoms with Crippen molar-refractivity contribution in [1.29, 1.82) is 0 Å². The Bertz CT molecular complexity index is 317. The number of nitrogens with two attached hydrogens (primary N) is 1. The second kappa shape index (κ2) is 6.62. The smallest absolute Gasteiger partial charge is 0.119 e. The molecule has 3 heteroatoms. The lowest BCUT2D eigenvalue weighted by molar-refractivity contribution is -0.671. The monoisotopic (exact) mass is 236 g/mol. The molecular weight excluding hydrogens is 214 g/mol. The summed E-state index contributed by atoms with van der Waals surface area (Å²) in [5.41, 5.74) is 1.28. The summed E-state index contributed by atoms with van der Waals surface area (Å²) in [6, 6.07) is 8.33. The first-order valence-electron chi connectivity index (χ1n) is 6.56. The van der Waals surface area contributed by atoms with Gasteiger partial charge in [-0.3, -0.25) is 0 Å². The van der Waals surface area contributed by atoms with Crippen molar-refractivity contribution in [3.05, 3.63) is 29.8 Å². The standard InChI is InChI=1S/C14H21NO2/c16-10-9-15-11-12-5-7-14(8-6-12)17-13-3-1-2-4-13/h5-8,13,15-16H,1-4,9-11H2/p+1. The van der Waals surface area contributed by atoms with E-state index < -0.39 is 0 Å². The molecule has 0 aliphatic heterocycles. The van der Waals surface area contributed by atoms with E-state index in [0.29, 0.717) is 6.10 Å². The van der Waals surface area contributed by atoms with Crippen molar-refractivity contribution in [1.82, 2.24) is 0 Å². The number of quaternary nitrogens is 1. The molecule has 1 fully saturated rings. The van der Waals surface area contributed by atoms with Crippen molar-refractivity contribution >= 4 is 0 Å². The summed E-state index contributed by atoms with van der Waals surface area (Å²) >= 11 is 0. The predicted molar refractivity (Wildman–Crippen MR) is 66.9 cm³/mol. The zero-order chi connectivity index (χ0) is 11.9. The molecule has 1 aliphatic carbocycles. The summed E-state index contributed by atoms with van der Waals surface area (Å²) in [6.07, 6.45) is 5.44. The summed E-state index contributed by atoms with van der Waals surface area (Å²) in [6.45, 7) is 1.92. The van der Waals surface area contributed by atoms with Crippen molar-refractivity contribution < 1.29 is 15.2 Å². The van der Waals surface area contributed by atoms with Gasteiger partial charge in [-0.25, -0.2) is 0 Å². The molecule has 1 saturated carbocycles. The lowest BCUT2D eigenvalue weighted by Crippen LogP contribution is -2.83. The first-order chi connectivity index (χ1) is 8.38. The van der Waals surface area contributed by atoms with Gasteiger partial charge in [-0.05, 0) is 49.9 Å². The van der Waals surface area contributed by atoms with Crippen LogP contribution in [0.4, 0.5) is 0 Å². The fraction of sp³-hybridized carbons (Fsp3) is 0.571. The maximum atomic E-state index is 8.70. The summed E-state index contributed by atoms with van der Waals surface area (Å²) in [5.74, 6) is 0.989. The highest BCUT2D eigenvalue weighted by Crippen LogP contribution is 2.24. The lowest BCUT2D eigenvalue weighted by atomic mass is 10.2. The summed E-state index contributed by atoms with van der Waals surface area (Å²) in [7, 11) is 0. The van der Waals surface area contributed by atoms with E-state index in [0.717, 1.165) is 18.8 Å². The van der Waals surface area contributed by atoms with E-state index in [2.05, 4.69) is 29.6 Å². The third-order valence-corrected chi connectivity index (χ3v) is 3.24. The molecule has 1 aromatic carbocycles. The van der Waals surface area contributed by atoms with E-state index in [1.165, 1.54) is 31.2 Å². The average molecular weight is 236 g/mol. The van der Waals surface area contributed by atoms with Crippen LogP contribution in [0.25, 0.3) is 0 Å². The molecule has 0 amide bonds. The SMILES string of the molecule is OCC[NH2+]Cc1ccc(OC2CCCC2)cc1. The Morgan fingerprint density at radius 2 is 1.88 bits per heavy atom. The van der Waals surface area contributed by atoms with E-state index >= 15 is 0 Å². The van der Waals surface area contributed by atoms with Crippen LogP contribution in [-0.2, 0) is 6.54 Å². The molecule has 0 heterocycles. The van der Waals surface area contributed by atoms with Crippen LogP contribution in [0.3, 0.4) is 0 Å². The first-order valence-corrected chi connectivity index (χ1v) is 6.56. The number of ether oxygens (including phenoxy) is 1. The third kappa shape index (κ3) is 4.02. The van der Waals surface area contributed by atoms with E-state index in [1.54, 1.807) is 0 Å². The van der Waals surface area contributed by atoms with Gasteiger partial charge in [-0.2, -0.15) is 0 Å². The third-order valence-electron chi connectivity index (χ3n) is 3.24. The van der Waals surface area contributed by atoms with Gasteiger partial charge in [0.05, 0.1) is 19.3 Å². The summed E-state index contributed by atoms with van der Waals surface area (Å²) < 4.78 is 5.91. The maximum Gasteiger partial charge on any atom is 0.119 e. The van der Waals surface area contributed by atoms with E-state index in [9.17, 15) is 0 Å². The highest BCUT2D eigenvalue weighted by molar-refractivity contribution is 5.27. The molecule has 94 valence electrons. The van der Waals surface area contributed by atoms with Crippen LogP contribution in [-0.4, -0.2) is 24.4 Å². The van der Waals surface area contributed by atoms with Crippen LogP contribution < -0.4 is 10.1 Å². The fourth-order valence-corrected chi connectivity index (χ4v) is 2.26. The first kappa shape index (κ1) is 12.4. The normalized spacial score (nSPS) is 16.3. The Hall–Kier alpha value is -1.06. The van der Waals surface area contributed by atoms with Crippen molar-refractivity contribution in [2.75, 3.05) is 13.2 Å². The highest BCUT2D eigenvalue weighted by Gasteiger charge is 2.16. The molecule has 0 aromatic heterocycles. The molecule has 3 N–H and O–H groups in total. The molecule has 0 spiro atoms. The molecule has 1 aliphatic rings. The van der Waals surface area contributed by atoms with Crippen LogP contribution in [0.1, 0.15) is 31.2 Å². The van der Waals surface area contributed by atoms with Crippen LogP contribution in [0.2, 0.25) is 0 Å². The Kier molecular flexibility index (Phi) is 4.83. The number of rotatable bonds is 6. The maximum absolute atomic E-state index is 8.70. The summed E-state index contributed by atoms with van der Waals surface area (Å²) in [4.78, 5) is 0. The molecule has 0 saturated heterocycles. The zero-order valence-corrected chi connectivity index (χ0v) is 10.3. The van der Waals surface area contributed by atoms with Gasteiger partial charge < -0.3 is 15.2 Å². The van der Waals surface area contributed by atoms with Gasteiger partial charge in [-0.15, -0.1) is 0 Å². The molecule has 0 atom stereocenters. The minimum Gasteiger partial charge on any atom is -0.490 e. The Balaban J connectivity index is 1.80. The number of aliphatic hydroxyl groups excluding tert-OH is 1. The molecule has 0 bridgehead atoms. The van der Waals surface area contributed by atoms with E-state index in [4.69, 9.17) is 9.84 Å². The van der Waals surface area contributed by atoms with E-state index in [1.807, 2.05) is 0 Å². The van der Waals surface area contributed by atoms with Crippen LogP contribution in [0, 0.1) is 0 Å². The summed E-state index contributed by atoms with van der Waals surface area (Å²) in [5, 5.41) is 10.8. The second-order valence-electron chi connectivity index (χ2n) is 4.67. The van der Waals surface area contributed by atoms with Gasteiger partial charge in [0.2, 0.25) is 0 Å². The lowest BCUT2D eigenvalue weighted by Gasteiger charge is -2.13. The van der Waals surface area contributed by atoms with Gasteiger partial charge in [0, 0.05) is 5.56 Å². The molecule has 3 nitrogen and oxygen atoms in total. The number of hydrogen-bond donors (Lipinski definition) is 2. The topological polar surface area (TPSA) is 46.1 Å². The Morgan fingerprint density at radius 3 is 2.53 bits per heavy atom. The van der Waals surface area contributed by atoms with Crippen molar-refractivity contribution in [2.24, 2.45) is 0 Å². The second-order valence-corrected chi connectivity index (χ2v) is 4.67. The van der Waals surface area contributed by atoms with E-state index in [-0.39, 0.29) is 6.61 Å². The van der Waals surface area contributed by atoms with Gasteiger partial charge in [0.25, 0.3) is 0 Å². The molecular formula is C14H22NO2+. The largest absolute Gasteiger partial charge is 0.490 e. The minimum absolute atomic E-state index is 0.239. The van der Waals surface area contributed by atoms with Crippen LogP contribution in [0.15, 0.2) is 24.3 Å². The average Bonchev–Trinajstić information content (AvgIpc) is 2.85.